The van der Waals surface area contributed by atoms with Crippen molar-refractivity contribution in [1.29, 1.82) is 0 Å². The van der Waals surface area contributed by atoms with E-state index in [-0.39, 0.29) is 6.71 Å². The van der Waals surface area contributed by atoms with E-state index < -0.39 is 0 Å². The summed E-state index contributed by atoms with van der Waals surface area (Å²) in [6, 6.07) is 35.4. The van der Waals surface area contributed by atoms with Gasteiger partial charge in [-0.3, -0.25) is 0 Å². The molecule has 0 atom stereocenters. The predicted molar refractivity (Wildman–Crippen MR) is 143 cm³/mol. The molecule has 2 aliphatic heterocycles. The maximum absolute atomic E-state index is 6.30. The van der Waals surface area contributed by atoms with Crippen LogP contribution in [-0.2, 0) is 0 Å². The maximum Gasteiger partial charge on any atom is 0.249 e. The van der Waals surface area contributed by atoms with Gasteiger partial charge >= 0.3 is 0 Å². The molecule has 0 saturated carbocycles. The van der Waals surface area contributed by atoms with E-state index in [4.69, 9.17) is 4.42 Å². The van der Waals surface area contributed by atoms with Crippen molar-refractivity contribution >= 4 is 78.6 Å². The fraction of sp³-hybridized carbons (Fsp3) is 0. The summed E-state index contributed by atoms with van der Waals surface area (Å²) >= 11 is 1.90. The van der Waals surface area contributed by atoms with Crippen molar-refractivity contribution in [3.8, 4) is 5.69 Å². The van der Waals surface area contributed by atoms with E-state index in [1.54, 1.807) is 0 Å². The van der Waals surface area contributed by atoms with Gasteiger partial charge in [0.05, 0.1) is 11.0 Å². The molecule has 2 aromatic heterocycles. The lowest BCUT2D eigenvalue weighted by atomic mass is 9.35. The molecule has 0 saturated heterocycles. The van der Waals surface area contributed by atoms with Gasteiger partial charge in [-0.25, -0.2) is 0 Å². The molecule has 0 fully saturated rings. The lowest BCUT2D eigenvalue weighted by Gasteiger charge is -2.32. The summed E-state index contributed by atoms with van der Waals surface area (Å²) in [6.07, 6.45) is 0. The Labute approximate surface area is 199 Å². The monoisotopic (exact) mass is 449 g/mol. The van der Waals surface area contributed by atoms with Crippen molar-refractivity contribution in [3.05, 3.63) is 97.1 Å². The summed E-state index contributed by atoms with van der Waals surface area (Å²) in [4.78, 5) is 2.73. The van der Waals surface area contributed by atoms with Gasteiger partial charge in [0.25, 0.3) is 0 Å². The average Bonchev–Trinajstić information content (AvgIpc) is 3.41. The first-order valence-electron chi connectivity index (χ1n) is 11.7. The molecule has 156 valence electrons. The lowest BCUT2D eigenvalue weighted by Crippen LogP contribution is -2.58. The average molecular weight is 449 g/mol. The van der Waals surface area contributed by atoms with Crippen molar-refractivity contribution in [3.63, 3.8) is 0 Å². The second-order valence-electron chi connectivity index (χ2n) is 9.30. The summed E-state index contributed by atoms with van der Waals surface area (Å²) in [5.41, 5.74) is 9.95. The summed E-state index contributed by atoms with van der Waals surface area (Å²) in [5.74, 6) is 0. The van der Waals surface area contributed by atoms with Crippen molar-refractivity contribution < 1.29 is 4.42 Å². The number of hydrogen-bond acceptors (Lipinski definition) is 2. The number of hydrogen-bond donors (Lipinski definition) is 0. The fourth-order valence-electron chi connectivity index (χ4n) is 6.29. The van der Waals surface area contributed by atoms with E-state index in [1.165, 1.54) is 64.4 Å². The molecule has 0 unspecified atom stereocenters. The summed E-state index contributed by atoms with van der Waals surface area (Å²) in [7, 11) is 0. The van der Waals surface area contributed by atoms with Gasteiger partial charge in [-0.1, -0.05) is 77.9 Å². The fourth-order valence-corrected chi connectivity index (χ4v) is 7.44. The third-order valence-corrected chi connectivity index (χ3v) is 8.82. The molecule has 0 amide bonds. The van der Waals surface area contributed by atoms with Crippen molar-refractivity contribution in [1.82, 2.24) is 4.57 Å². The molecule has 5 aromatic carbocycles. The van der Waals surface area contributed by atoms with Crippen molar-refractivity contribution in [2.75, 3.05) is 0 Å². The van der Waals surface area contributed by atoms with Crippen molar-refractivity contribution in [2.45, 2.75) is 9.79 Å². The topological polar surface area (TPSA) is 18.1 Å². The molecular weight excluding hydrogens is 433 g/mol. The Morgan fingerprint density at radius 1 is 0.618 bits per heavy atom. The van der Waals surface area contributed by atoms with Crippen LogP contribution in [0.25, 0.3) is 49.4 Å². The third kappa shape index (κ3) is 1.98. The van der Waals surface area contributed by atoms with Gasteiger partial charge in [-0.2, -0.15) is 0 Å². The van der Waals surface area contributed by atoms with Crippen LogP contribution in [0.5, 0.6) is 0 Å². The lowest BCUT2D eigenvalue weighted by molar-refractivity contribution is 0.669. The highest BCUT2D eigenvalue weighted by Crippen LogP contribution is 2.41. The number of para-hydroxylation sites is 2. The Morgan fingerprint density at radius 3 is 2.41 bits per heavy atom. The molecule has 0 spiro atoms. The third-order valence-electron chi connectivity index (χ3n) is 7.65. The Bertz CT molecular complexity index is 2010. The highest BCUT2D eigenvalue weighted by Gasteiger charge is 2.39. The Kier molecular flexibility index (Phi) is 3.08. The van der Waals surface area contributed by atoms with Gasteiger partial charge in [0.2, 0.25) is 6.71 Å². The van der Waals surface area contributed by atoms with Gasteiger partial charge < -0.3 is 8.98 Å². The smallest absolute Gasteiger partial charge is 0.249 e. The molecule has 0 bridgehead atoms. The number of nitrogens with zero attached hydrogens (tertiary/aromatic N) is 1. The molecule has 2 aliphatic rings. The van der Waals surface area contributed by atoms with Crippen LogP contribution in [0.15, 0.2) is 111 Å². The molecule has 0 aliphatic carbocycles. The first-order valence-corrected chi connectivity index (χ1v) is 12.5. The molecule has 4 heterocycles. The summed E-state index contributed by atoms with van der Waals surface area (Å²) < 4.78 is 8.78. The van der Waals surface area contributed by atoms with Crippen LogP contribution in [0, 0.1) is 0 Å². The largest absolute Gasteiger partial charge is 0.456 e. The Hall–Kier alpha value is -3.89. The molecule has 34 heavy (non-hydrogen) atoms. The van der Waals surface area contributed by atoms with Gasteiger partial charge in [-0.05, 0) is 41.3 Å². The molecule has 0 N–H and O–H groups in total. The standard InChI is InChI=1S/C30H16BNOS/c1-5-11-25-17(7-1)20-15-19-18-13-14-28-29-30(18)32(24(19)16-26(20)33-25)23-10-4-2-8-21(23)31(29)22-9-3-6-12-27(22)34-28/h1-16H. The van der Waals surface area contributed by atoms with Gasteiger partial charge in [0.15, 0.2) is 0 Å². The zero-order valence-electron chi connectivity index (χ0n) is 18.1. The van der Waals surface area contributed by atoms with Crippen LogP contribution in [0.3, 0.4) is 0 Å². The van der Waals surface area contributed by atoms with E-state index in [9.17, 15) is 0 Å². The minimum absolute atomic E-state index is 0.257. The minimum atomic E-state index is 0.257. The number of fused-ring (bicyclic) bond motifs is 11. The van der Waals surface area contributed by atoms with Gasteiger partial charge in [0, 0.05) is 43.1 Å². The van der Waals surface area contributed by atoms with Crippen LogP contribution in [0.4, 0.5) is 0 Å². The van der Waals surface area contributed by atoms with E-state index in [1.807, 2.05) is 17.8 Å². The Balaban J connectivity index is 1.51. The zero-order valence-corrected chi connectivity index (χ0v) is 18.9. The number of furan rings is 1. The number of benzene rings is 5. The van der Waals surface area contributed by atoms with E-state index in [2.05, 4.69) is 95.6 Å². The molecule has 4 heteroatoms. The highest BCUT2D eigenvalue weighted by molar-refractivity contribution is 8.00. The summed E-state index contributed by atoms with van der Waals surface area (Å²) in [6.45, 7) is 0.257. The SMILES string of the molecule is c1ccc2c(c1)Sc1ccc3c4cc5c(cc4n4c3c1B2c1ccccc1-4)oc1ccccc15. The predicted octanol–water partition coefficient (Wildman–Crippen LogP) is 5.98. The maximum atomic E-state index is 6.30. The van der Waals surface area contributed by atoms with Crippen LogP contribution in [0.1, 0.15) is 0 Å². The van der Waals surface area contributed by atoms with Crippen molar-refractivity contribution in [2.24, 2.45) is 0 Å². The first-order chi connectivity index (χ1) is 16.9. The number of aromatic nitrogens is 1. The molecule has 7 aromatic rings. The van der Waals surface area contributed by atoms with Crippen LogP contribution < -0.4 is 16.4 Å². The highest BCUT2D eigenvalue weighted by atomic mass is 32.2. The van der Waals surface area contributed by atoms with E-state index >= 15 is 0 Å². The quantitative estimate of drug-likeness (QED) is 0.265. The number of rotatable bonds is 0. The Morgan fingerprint density at radius 2 is 1.44 bits per heavy atom. The molecular formula is C30H16BNOS. The normalized spacial score (nSPS) is 13.7. The van der Waals surface area contributed by atoms with Crippen LogP contribution in [-0.4, -0.2) is 11.3 Å². The van der Waals surface area contributed by atoms with Crippen LogP contribution >= 0.6 is 11.8 Å². The summed E-state index contributed by atoms with van der Waals surface area (Å²) in [5, 5.41) is 4.97. The van der Waals surface area contributed by atoms with Crippen LogP contribution in [0.2, 0.25) is 0 Å². The van der Waals surface area contributed by atoms with E-state index in [0.717, 1.165) is 11.2 Å². The minimum Gasteiger partial charge on any atom is -0.456 e. The molecule has 2 nitrogen and oxygen atoms in total. The molecule has 0 radical (unpaired) electrons. The van der Waals surface area contributed by atoms with Gasteiger partial charge in [-0.15, -0.1) is 0 Å². The second-order valence-corrected chi connectivity index (χ2v) is 10.4. The van der Waals surface area contributed by atoms with E-state index in [0.29, 0.717) is 0 Å². The first kappa shape index (κ1) is 17.6. The second kappa shape index (κ2) is 5.96. The zero-order chi connectivity index (χ0) is 22.0. The molecule has 9 rings (SSSR count). The van der Waals surface area contributed by atoms with Gasteiger partial charge in [0.1, 0.15) is 11.2 Å².